The molecule has 0 aliphatic rings. The summed E-state index contributed by atoms with van der Waals surface area (Å²) in [7, 11) is 0. The quantitative estimate of drug-likeness (QED) is 0.350. The van der Waals surface area contributed by atoms with E-state index in [0.717, 1.165) is 20.4 Å². The molecule has 0 spiro atoms. The van der Waals surface area contributed by atoms with Crippen molar-refractivity contribution in [1.82, 2.24) is 14.3 Å². The van der Waals surface area contributed by atoms with Crippen LogP contribution in [-0.4, -0.2) is 26.2 Å². The Morgan fingerprint density at radius 3 is 2.30 bits per heavy atom. The fourth-order valence-corrected chi connectivity index (χ4v) is 4.49. The smallest absolute Gasteiger partial charge is 0.322 e. The molecule has 0 saturated carbocycles. The summed E-state index contributed by atoms with van der Waals surface area (Å²) in [6.45, 7) is 10.1. The van der Waals surface area contributed by atoms with E-state index in [4.69, 9.17) is 11.6 Å². The molecular formula is C29H29ClN4O3. The van der Waals surface area contributed by atoms with Crippen molar-refractivity contribution in [3.8, 4) is 5.69 Å². The molecule has 0 radical (unpaired) electrons. The standard InChI is InChI=1S/C29H29ClN4O3/c1-18(2)22-8-6-7-9-23(22)26(35)32-20-11-13-21(14-12-20)34-28(37)33(17-31-34)27(36)19-10-15-25(30)24(16-19)29(3,4)5/h6-18H,1-5H3,(H,32,35). The second kappa shape index (κ2) is 10.2. The van der Waals surface area contributed by atoms with Gasteiger partial charge in [-0.3, -0.25) is 9.59 Å². The second-order valence-corrected chi connectivity index (χ2v) is 10.6. The molecule has 1 aromatic heterocycles. The molecule has 1 heterocycles. The molecule has 8 heteroatoms. The molecule has 0 atom stereocenters. The number of nitrogens with one attached hydrogen (secondary N) is 1. The minimum Gasteiger partial charge on any atom is -0.322 e. The molecule has 3 aromatic carbocycles. The molecule has 1 amide bonds. The molecular weight excluding hydrogens is 488 g/mol. The number of benzene rings is 3. The van der Waals surface area contributed by atoms with Crippen LogP contribution in [0.3, 0.4) is 0 Å². The van der Waals surface area contributed by atoms with E-state index in [9.17, 15) is 14.4 Å². The van der Waals surface area contributed by atoms with Crippen LogP contribution in [0.4, 0.5) is 5.69 Å². The molecule has 0 aliphatic carbocycles. The van der Waals surface area contributed by atoms with Crippen molar-refractivity contribution in [3.05, 3.63) is 111 Å². The summed E-state index contributed by atoms with van der Waals surface area (Å²) < 4.78 is 2.10. The van der Waals surface area contributed by atoms with Crippen molar-refractivity contribution in [3.63, 3.8) is 0 Å². The zero-order chi connectivity index (χ0) is 26.9. The van der Waals surface area contributed by atoms with Crippen molar-refractivity contribution in [2.75, 3.05) is 5.32 Å². The number of hydrogen-bond acceptors (Lipinski definition) is 4. The summed E-state index contributed by atoms with van der Waals surface area (Å²) in [5, 5.41) is 7.58. The largest absolute Gasteiger partial charge is 0.357 e. The van der Waals surface area contributed by atoms with Crippen LogP contribution in [0, 0.1) is 0 Å². The number of halogens is 1. The molecule has 190 valence electrons. The van der Waals surface area contributed by atoms with Crippen LogP contribution in [0.2, 0.25) is 5.02 Å². The number of anilines is 1. The zero-order valence-corrected chi connectivity index (χ0v) is 22.2. The highest BCUT2D eigenvalue weighted by atomic mass is 35.5. The lowest BCUT2D eigenvalue weighted by molar-refractivity contribution is 0.0954. The number of aromatic nitrogens is 3. The Balaban J connectivity index is 1.56. The highest BCUT2D eigenvalue weighted by Crippen LogP contribution is 2.30. The average molecular weight is 517 g/mol. The first-order valence-electron chi connectivity index (χ1n) is 12.0. The van der Waals surface area contributed by atoms with Crippen LogP contribution in [-0.2, 0) is 5.41 Å². The Kier molecular flexibility index (Phi) is 7.18. The number of amides is 1. The molecule has 37 heavy (non-hydrogen) atoms. The third-order valence-electron chi connectivity index (χ3n) is 6.11. The van der Waals surface area contributed by atoms with E-state index in [0.29, 0.717) is 27.5 Å². The summed E-state index contributed by atoms with van der Waals surface area (Å²) in [5.74, 6) is -0.491. The van der Waals surface area contributed by atoms with Gasteiger partial charge in [0.15, 0.2) is 0 Å². The van der Waals surface area contributed by atoms with Crippen molar-refractivity contribution in [1.29, 1.82) is 0 Å². The fourth-order valence-electron chi connectivity index (χ4n) is 4.08. The lowest BCUT2D eigenvalue weighted by Crippen LogP contribution is -2.29. The Labute approximate surface area is 220 Å². The molecule has 0 bridgehead atoms. The molecule has 0 aliphatic heterocycles. The Bertz CT molecular complexity index is 1530. The van der Waals surface area contributed by atoms with Crippen LogP contribution < -0.4 is 11.0 Å². The average Bonchev–Trinajstić information content (AvgIpc) is 3.24. The van der Waals surface area contributed by atoms with E-state index in [1.807, 2.05) is 52.8 Å². The lowest BCUT2D eigenvalue weighted by Gasteiger charge is -2.21. The minimum absolute atomic E-state index is 0.207. The summed E-state index contributed by atoms with van der Waals surface area (Å²) in [6.07, 6.45) is 1.20. The first-order valence-corrected chi connectivity index (χ1v) is 12.4. The van der Waals surface area contributed by atoms with Crippen LogP contribution in [0.1, 0.15) is 72.4 Å². The van der Waals surface area contributed by atoms with E-state index in [2.05, 4.69) is 10.4 Å². The maximum Gasteiger partial charge on any atom is 0.357 e. The third-order valence-corrected chi connectivity index (χ3v) is 6.44. The first kappa shape index (κ1) is 26.1. The van der Waals surface area contributed by atoms with Gasteiger partial charge < -0.3 is 5.32 Å². The van der Waals surface area contributed by atoms with Crippen LogP contribution in [0.5, 0.6) is 0 Å². The molecule has 4 rings (SSSR count). The van der Waals surface area contributed by atoms with Crippen LogP contribution in [0.25, 0.3) is 5.69 Å². The van der Waals surface area contributed by atoms with Gasteiger partial charge in [0.2, 0.25) is 0 Å². The van der Waals surface area contributed by atoms with E-state index in [1.54, 1.807) is 48.5 Å². The lowest BCUT2D eigenvalue weighted by atomic mass is 9.86. The Morgan fingerprint density at radius 1 is 0.973 bits per heavy atom. The van der Waals surface area contributed by atoms with Gasteiger partial charge in [0.25, 0.3) is 11.8 Å². The second-order valence-electron chi connectivity index (χ2n) is 10.2. The molecule has 7 nitrogen and oxygen atoms in total. The molecule has 0 unspecified atom stereocenters. The van der Waals surface area contributed by atoms with Gasteiger partial charge in [-0.1, -0.05) is 64.4 Å². The molecule has 0 fully saturated rings. The van der Waals surface area contributed by atoms with Crippen LogP contribution >= 0.6 is 11.6 Å². The van der Waals surface area contributed by atoms with Gasteiger partial charge in [-0.2, -0.15) is 9.78 Å². The summed E-state index contributed by atoms with van der Waals surface area (Å²) >= 11 is 6.32. The topological polar surface area (TPSA) is 86.0 Å². The molecule has 1 N–H and O–H groups in total. The monoisotopic (exact) mass is 516 g/mol. The number of nitrogens with zero attached hydrogens (tertiary/aromatic N) is 3. The van der Waals surface area contributed by atoms with E-state index >= 15 is 0 Å². The van der Waals surface area contributed by atoms with Crippen molar-refractivity contribution in [2.45, 2.75) is 46.0 Å². The van der Waals surface area contributed by atoms with E-state index in [-0.39, 0.29) is 17.2 Å². The Morgan fingerprint density at radius 2 is 1.65 bits per heavy atom. The van der Waals surface area contributed by atoms with E-state index in [1.165, 1.54) is 6.33 Å². The van der Waals surface area contributed by atoms with Crippen LogP contribution in [0.15, 0.2) is 77.9 Å². The summed E-state index contributed by atoms with van der Waals surface area (Å²) in [6, 6.07) is 19.2. The number of hydrogen-bond donors (Lipinski definition) is 1. The SMILES string of the molecule is CC(C)c1ccccc1C(=O)Nc1ccc(-n2ncn(C(=O)c3ccc(Cl)c(C(C)(C)C)c3)c2=O)cc1. The maximum atomic E-state index is 13.1. The predicted molar refractivity (Wildman–Crippen MR) is 146 cm³/mol. The number of carbonyl (C=O) groups is 2. The minimum atomic E-state index is -0.597. The number of rotatable bonds is 5. The van der Waals surface area contributed by atoms with Gasteiger partial charge in [0, 0.05) is 21.8 Å². The highest BCUT2D eigenvalue weighted by molar-refractivity contribution is 6.31. The predicted octanol–water partition coefficient (Wildman–Crippen LogP) is 6.05. The first-order chi connectivity index (χ1) is 17.5. The van der Waals surface area contributed by atoms with Gasteiger partial charge in [0.1, 0.15) is 6.33 Å². The van der Waals surface area contributed by atoms with Gasteiger partial charge >= 0.3 is 5.69 Å². The Hall–Kier alpha value is -3.97. The summed E-state index contributed by atoms with van der Waals surface area (Å²) in [5.41, 5.74) is 2.91. The normalized spacial score (nSPS) is 11.5. The van der Waals surface area contributed by atoms with Gasteiger partial charge in [-0.15, -0.1) is 0 Å². The van der Waals surface area contributed by atoms with Crippen molar-refractivity contribution < 1.29 is 9.59 Å². The third kappa shape index (κ3) is 5.42. The fraction of sp³-hybridized carbons (Fsp3) is 0.241. The van der Waals surface area contributed by atoms with Gasteiger partial charge in [0.05, 0.1) is 5.69 Å². The van der Waals surface area contributed by atoms with E-state index < -0.39 is 11.6 Å². The zero-order valence-electron chi connectivity index (χ0n) is 21.4. The van der Waals surface area contributed by atoms with Crippen molar-refractivity contribution >= 4 is 29.1 Å². The number of carbonyl (C=O) groups excluding carboxylic acids is 2. The molecule has 4 aromatic rings. The van der Waals surface area contributed by atoms with Crippen molar-refractivity contribution in [2.24, 2.45) is 0 Å². The maximum absolute atomic E-state index is 13.1. The highest BCUT2D eigenvalue weighted by Gasteiger charge is 2.22. The van der Waals surface area contributed by atoms with Gasteiger partial charge in [-0.05, 0) is 71.0 Å². The van der Waals surface area contributed by atoms with Gasteiger partial charge in [-0.25, -0.2) is 9.36 Å². The molecule has 0 saturated heterocycles. The summed E-state index contributed by atoms with van der Waals surface area (Å²) in [4.78, 5) is 39.0.